The van der Waals surface area contributed by atoms with Crippen molar-refractivity contribution >= 4 is 11.6 Å². The average Bonchev–Trinajstić information content (AvgIpc) is 2.47. The van der Waals surface area contributed by atoms with Crippen molar-refractivity contribution in [3.8, 4) is 0 Å². The minimum atomic E-state index is 0.282. The Bertz CT molecular complexity index is 316. The van der Waals surface area contributed by atoms with Crippen LogP contribution >= 0.6 is 11.6 Å². The van der Waals surface area contributed by atoms with E-state index in [1.165, 1.54) is 18.4 Å². The quantitative estimate of drug-likeness (QED) is 0.746. The lowest BCUT2D eigenvalue weighted by Crippen LogP contribution is -2.33. The maximum absolute atomic E-state index is 5.85. The molecule has 76 valence electrons. The highest BCUT2D eigenvalue weighted by Gasteiger charge is 2.30. The second-order valence-electron chi connectivity index (χ2n) is 4.67. The molecule has 1 aliphatic rings. The van der Waals surface area contributed by atoms with Crippen LogP contribution in [-0.2, 0) is 0 Å². The van der Waals surface area contributed by atoms with Gasteiger partial charge in [-0.1, -0.05) is 23.7 Å². The summed E-state index contributed by atoms with van der Waals surface area (Å²) >= 11 is 5.85. The van der Waals surface area contributed by atoms with Crippen molar-refractivity contribution in [2.75, 3.05) is 0 Å². The number of hydrogen-bond acceptors (Lipinski definition) is 1. The summed E-state index contributed by atoms with van der Waals surface area (Å²) in [7, 11) is 0. The fourth-order valence-electron chi connectivity index (χ4n) is 2.07. The topological polar surface area (TPSA) is 12.0 Å². The lowest BCUT2D eigenvalue weighted by atomic mass is 10.0. The maximum atomic E-state index is 5.85. The molecule has 1 aromatic carbocycles. The van der Waals surface area contributed by atoms with Crippen molar-refractivity contribution in [3.05, 3.63) is 34.9 Å². The third-order valence-corrected chi connectivity index (χ3v) is 3.15. The minimum absolute atomic E-state index is 0.282. The van der Waals surface area contributed by atoms with Crippen molar-refractivity contribution in [1.82, 2.24) is 5.32 Å². The van der Waals surface area contributed by atoms with Crippen LogP contribution in [0.2, 0.25) is 5.02 Å². The first kappa shape index (κ1) is 10.0. The van der Waals surface area contributed by atoms with Crippen molar-refractivity contribution in [2.24, 2.45) is 0 Å². The average molecular weight is 210 g/mol. The molecule has 0 bridgehead atoms. The van der Waals surface area contributed by atoms with Gasteiger partial charge in [0.1, 0.15) is 0 Å². The predicted molar refractivity (Wildman–Crippen MR) is 60.6 cm³/mol. The van der Waals surface area contributed by atoms with E-state index in [4.69, 9.17) is 11.6 Å². The van der Waals surface area contributed by atoms with Gasteiger partial charge in [-0.3, -0.25) is 0 Å². The molecule has 1 atom stereocenters. The first-order valence-corrected chi connectivity index (χ1v) is 5.48. The molecular weight excluding hydrogens is 194 g/mol. The van der Waals surface area contributed by atoms with Gasteiger partial charge in [0, 0.05) is 16.6 Å². The highest BCUT2D eigenvalue weighted by atomic mass is 35.5. The zero-order valence-electron chi connectivity index (χ0n) is 8.68. The van der Waals surface area contributed by atoms with Gasteiger partial charge in [0.15, 0.2) is 0 Å². The fourth-order valence-corrected chi connectivity index (χ4v) is 2.19. The zero-order valence-corrected chi connectivity index (χ0v) is 9.43. The van der Waals surface area contributed by atoms with Crippen LogP contribution in [0.25, 0.3) is 0 Å². The lowest BCUT2D eigenvalue weighted by molar-refractivity contribution is 0.433. The molecule has 0 aromatic heterocycles. The summed E-state index contributed by atoms with van der Waals surface area (Å²) in [6, 6.07) is 8.65. The van der Waals surface area contributed by atoms with Crippen molar-refractivity contribution in [3.63, 3.8) is 0 Å². The molecule has 0 amide bonds. The molecule has 1 unspecified atom stereocenters. The molecule has 1 aromatic rings. The first-order valence-electron chi connectivity index (χ1n) is 5.10. The molecule has 0 aliphatic carbocycles. The molecule has 0 radical (unpaired) electrons. The SMILES string of the molecule is CC1(C)CCC(c2ccc(Cl)cc2)N1. The van der Waals surface area contributed by atoms with Crippen LogP contribution in [0.15, 0.2) is 24.3 Å². The van der Waals surface area contributed by atoms with Crippen LogP contribution in [0.4, 0.5) is 0 Å². The van der Waals surface area contributed by atoms with E-state index in [1.54, 1.807) is 0 Å². The summed E-state index contributed by atoms with van der Waals surface area (Å²) in [5, 5.41) is 4.43. The Hall–Kier alpha value is -0.530. The number of rotatable bonds is 1. The van der Waals surface area contributed by atoms with Crippen molar-refractivity contribution < 1.29 is 0 Å². The molecule has 1 fully saturated rings. The Kier molecular flexibility index (Phi) is 2.54. The van der Waals surface area contributed by atoms with Gasteiger partial charge in [-0.25, -0.2) is 0 Å². The summed E-state index contributed by atoms with van der Waals surface area (Å²) in [4.78, 5) is 0. The molecule has 1 saturated heterocycles. The Labute approximate surface area is 90.5 Å². The van der Waals surface area contributed by atoms with Gasteiger partial charge in [0.25, 0.3) is 0 Å². The lowest BCUT2D eigenvalue weighted by Gasteiger charge is -2.20. The highest BCUT2D eigenvalue weighted by molar-refractivity contribution is 6.30. The third-order valence-electron chi connectivity index (χ3n) is 2.90. The smallest absolute Gasteiger partial charge is 0.0406 e. The van der Waals surface area contributed by atoms with Gasteiger partial charge in [-0.05, 0) is 44.4 Å². The molecule has 0 saturated carbocycles. The van der Waals surface area contributed by atoms with Gasteiger partial charge in [0.05, 0.1) is 0 Å². The Morgan fingerprint density at radius 3 is 2.43 bits per heavy atom. The number of benzene rings is 1. The van der Waals surface area contributed by atoms with Gasteiger partial charge in [-0.15, -0.1) is 0 Å². The molecule has 1 heterocycles. The summed E-state index contributed by atoms with van der Waals surface area (Å²) < 4.78 is 0. The minimum Gasteiger partial charge on any atom is -0.305 e. The van der Waals surface area contributed by atoms with Crippen molar-refractivity contribution in [1.29, 1.82) is 0 Å². The van der Waals surface area contributed by atoms with E-state index in [-0.39, 0.29) is 5.54 Å². The first-order chi connectivity index (χ1) is 6.57. The maximum Gasteiger partial charge on any atom is 0.0406 e. The van der Waals surface area contributed by atoms with E-state index in [9.17, 15) is 0 Å². The second-order valence-corrected chi connectivity index (χ2v) is 5.11. The van der Waals surface area contributed by atoms with E-state index in [0.717, 1.165) is 5.02 Å². The van der Waals surface area contributed by atoms with E-state index in [1.807, 2.05) is 12.1 Å². The van der Waals surface area contributed by atoms with E-state index >= 15 is 0 Å². The molecular formula is C12H16ClN. The summed E-state index contributed by atoms with van der Waals surface area (Å²) in [5.41, 5.74) is 1.63. The van der Waals surface area contributed by atoms with E-state index in [0.29, 0.717) is 6.04 Å². The number of hydrogen-bond donors (Lipinski definition) is 1. The zero-order chi connectivity index (χ0) is 10.2. The van der Waals surface area contributed by atoms with Crippen LogP contribution in [0.3, 0.4) is 0 Å². The van der Waals surface area contributed by atoms with Crippen LogP contribution in [0, 0.1) is 0 Å². The van der Waals surface area contributed by atoms with Crippen LogP contribution < -0.4 is 5.32 Å². The second kappa shape index (κ2) is 3.56. The van der Waals surface area contributed by atoms with Gasteiger partial charge in [0.2, 0.25) is 0 Å². The molecule has 14 heavy (non-hydrogen) atoms. The monoisotopic (exact) mass is 209 g/mol. The van der Waals surface area contributed by atoms with Gasteiger partial charge < -0.3 is 5.32 Å². The van der Waals surface area contributed by atoms with Crippen LogP contribution in [-0.4, -0.2) is 5.54 Å². The number of nitrogens with one attached hydrogen (secondary N) is 1. The molecule has 1 aliphatic heterocycles. The summed E-state index contributed by atoms with van der Waals surface area (Å²) in [6.07, 6.45) is 2.45. The van der Waals surface area contributed by atoms with E-state index < -0.39 is 0 Å². The molecule has 2 rings (SSSR count). The fraction of sp³-hybridized carbons (Fsp3) is 0.500. The van der Waals surface area contributed by atoms with Gasteiger partial charge in [-0.2, -0.15) is 0 Å². The number of halogens is 1. The Balaban J connectivity index is 2.14. The Morgan fingerprint density at radius 2 is 1.93 bits per heavy atom. The predicted octanol–water partition coefficient (Wildman–Crippen LogP) is 3.54. The standard InChI is InChI=1S/C12H16ClN/c1-12(2)8-7-11(14-12)9-3-5-10(13)6-4-9/h3-6,11,14H,7-8H2,1-2H3. The molecule has 1 N–H and O–H groups in total. The van der Waals surface area contributed by atoms with E-state index in [2.05, 4.69) is 31.3 Å². The molecule has 2 heteroatoms. The summed E-state index contributed by atoms with van der Waals surface area (Å²) in [6.45, 7) is 4.51. The van der Waals surface area contributed by atoms with Crippen LogP contribution in [0.5, 0.6) is 0 Å². The van der Waals surface area contributed by atoms with Gasteiger partial charge >= 0.3 is 0 Å². The normalized spacial score (nSPS) is 25.2. The van der Waals surface area contributed by atoms with Crippen LogP contribution in [0.1, 0.15) is 38.3 Å². The molecule has 1 nitrogen and oxygen atoms in total. The third kappa shape index (κ3) is 2.10. The summed E-state index contributed by atoms with van der Waals surface area (Å²) in [5.74, 6) is 0. The Morgan fingerprint density at radius 1 is 1.29 bits per heavy atom. The highest BCUT2D eigenvalue weighted by Crippen LogP contribution is 2.32. The largest absolute Gasteiger partial charge is 0.305 e. The van der Waals surface area contributed by atoms with Crippen molar-refractivity contribution in [2.45, 2.75) is 38.3 Å². The molecule has 0 spiro atoms.